The Balaban J connectivity index is 2.44. The van der Waals surface area contributed by atoms with Gasteiger partial charge in [0.2, 0.25) is 0 Å². The van der Waals surface area contributed by atoms with Gasteiger partial charge in [-0.2, -0.15) is 5.10 Å². The molecular formula is C11H10Br2N2O. The molecule has 3 nitrogen and oxygen atoms in total. The Bertz CT molecular complexity index is 508. The van der Waals surface area contributed by atoms with E-state index >= 15 is 0 Å². The normalized spacial score (nSPS) is 12.8. The Morgan fingerprint density at radius 3 is 2.62 bits per heavy atom. The number of aliphatic hydroxyl groups excluding tert-OH is 1. The molecular weight excluding hydrogens is 336 g/mol. The van der Waals surface area contributed by atoms with Crippen LogP contribution in [-0.4, -0.2) is 14.9 Å². The summed E-state index contributed by atoms with van der Waals surface area (Å²) in [5.41, 5.74) is 1.82. The van der Waals surface area contributed by atoms with Crippen LogP contribution in [0.25, 0.3) is 5.69 Å². The number of aromatic nitrogens is 2. The van der Waals surface area contributed by atoms with E-state index in [9.17, 15) is 5.11 Å². The first-order chi connectivity index (χ1) is 7.58. The van der Waals surface area contributed by atoms with Gasteiger partial charge >= 0.3 is 0 Å². The van der Waals surface area contributed by atoms with Crippen molar-refractivity contribution < 1.29 is 5.11 Å². The highest BCUT2D eigenvalue weighted by Crippen LogP contribution is 2.25. The maximum Gasteiger partial charge on any atom is 0.0788 e. The van der Waals surface area contributed by atoms with Crippen molar-refractivity contribution in [1.29, 1.82) is 0 Å². The van der Waals surface area contributed by atoms with Crippen LogP contribution >= 0.6 is 31.9 Å². The fourth-order valence-electron chi connectivity index (χ4n) is 1.40. The van der Waals surface area contributed by atoms with Crippen molar-refractivity contribution >= 4 is 31.9 Å². The molecule has 1 N–H and O–H groups in total. The van der Waals surface area contributed by atoms with Gasteiger partial charge in [0.05, 0.1) is 22.5 Å². The number of aliphatic hydroxyl groups is 1. The minimum atomic E-state index is -0.463. The van der Waals surface area contributed by atoms with E-state index in [1.54, 1.807) is 17.8 Å². The lowest BCUT2D eigenvalue weighted by atomic mass is 10.1. The average Bonchev–Trinajstić information content (AvgIpc) is 2.64. The summed E-state index contributed by atoms with van der Waals surface area (Å²) in [5.74, 6) is 0. The maximum atomic E-state index is 9.46. The summed E-state index contributed by atoms with van der Waals surface area (Å²) >= 11 is 6.83. The van der Waals surface area contributed by atoms with Gasteiger partial charge in [-0.25, -0.2) is 4.68 Å². The first kappa shape index (κ1) is 11.8. The Labute approximate surface area is 110 Å². The van der Waals surface area contributed by atoms with E-state index in [-0.39, 0.29) is 0 Å². The van der Waals surface area contributed by atoms with Crippen molar-refractivity contribution in [3.63, 3.8) is 0 Å². The third kappa shape index (κ3) is 2.36. The molecule has 16 heavy (non-hydrogen) atoms. The highest BCUT2D eigenvalue weighted by molar-refractivity contribution is 9.10. The van der Waals surface area contributed by atoms with Crippen LogP contribution in [0.15, 0.2) is 39.5 Å². The van der Waals surface area contributed by atoms with Gasteiger partial charge in [-0.3, -0.25) is 0 Å². The molecule has 0 amide bonds. The maximum absolute atomic E-state index is 9.46. The van der Waals surface area contributed by atoms with E-state index in [1.807, 2.05) is 24.4 Å². The minimum Gasteiger partial charge on any atom is -0.389 e. The van der Waals surface area contributed by atoms with E-state index in [0.717, 1.165) is 20.2 Å². The molecule has 1 heterocycles. The fraction of sp³-hybridized carbons (Fsp3) is 0.182. The Morgan fingerprint density at radius 1 is 1.38 bits per heavy atom. The second-order valence-corrected chi connectivity index (χ2v) is 5.26. The third-order valence-corrected chi connectivity index (χ3v) is 3.30. The molecule has 0 fully saturated rings. The lowest BCUT2D eigenvalue weighted by molar-refractivity contribution is 0.199. The van der Waals surface area contributed by atoms with Crippen LogP contribution in [-0.2, 0) is 0 Å². The Morgan fingerprint density at radius 2 is 2.12 bits per heavy atom. The molecule has 1 aromatic heterocycles. The SMILES string of the molecule is C[C@@H](O)c1ccc(-n2cc(Br)cn2)c(Br)c1. The molecule has 0 saturated carbocycles. The Hall–Kier alpha value is -0.650. The van der Waals surface area contributed by atoms with Crippen molar-refractivity contribution in [1.82, 2.24) is 9.78 Å². The van der Waals surface area contributed by atoms with Crippen molar-refractivity contribution in [2.45, 2.75) is 13.0 Å². The smallest absolute Gasteiger partial charge is 0.0788 e. The van der Waals surface area contributed by atoms with E-state index in [1.165, 1.54) is 0 Å². The van der Waals surface area contributed by atoms with Gasteiger partial charge in [-0.05, 0) is 56.5 Å². The predicted molar refractivity (Wildman–Crippen MR) is 69.6 cm³/mol. The van der Waals surface area contributed by atoms with Crippen LogP contribution < -0.4 is 0 Å². The minimum absolute atomic E-state index is 0.463. The van der Waals surface area contributed by atoms with Gasteiger partial charge in [-0.1, -0.05) is 6.07 Å². The molecule has 2 rings (SSSR count). The summed E-state index contributed by atoms with van der Waals surface area (Å²) in [5, 5.41) is 13.7. The third-order valence-electron chi connectivity index (χ3n) is 2.25. The standard InChI is InChI=1S/C11H10Br2N2O/c1-7(16)8-2-3-11(10(13)4-8)15-6-9(12)5-14-15/h2-7,16H,1H3/t7-/m1/s1. The molecule has 0 bridgehead atoms. The molecule has 0 radical (unpaired) electrons. The lowest BCUT2D eigenvalue weighted by Gasteiger charge is -2.09. The number of halogens is 2. The van der Waals surface area contributed by atoms with Crippen molar-refractivity contribution in [2.75, 3.05) is 0 Å². The van der Waals surface area contributed by atoms with Crippen molar-refractivity contribution in [3.05, 3.63) is 45.1 Å². The second-order valence-electron chi connectivity index (χ2n) is 3.49. The van der Waals surface area contributed by atoms with Gasteiger partial charge in [0.25, 0.3) is 0 Å². The summed E-state index contributed by atoms with van der Waals surface area (Å²) in [6.45, 7) is 1.74. The van der Waals surface area contributed by atoms with Crippen molar-refractivity contribution in [2.24, 2.45) is 0 Å². The zero-order chi connectivity index (χ0) is 11.7. The van der Waals surface area contributed by atoms with Crippen LogP contribution in [0.5, 0.6) is 0 Å². The van der Waals surface area contributed by atoms with Crippen LogP contribution in [0.4, 0.5) is 0 Å². The van der Waals surface area contributed by atoms with Gasteiger partial charge in [-0.15, -0.1) is 0 Å². The van der Waals surface area contributed by atoms with Gasteiger partial charge in [0.1, 0.15) is 0 Å². The highest BCUT2D eigenvalue weighted by atomic mass is 79.9. The van der Waals surface area contributed by atoms with Crippen LogP contribution in [0, 0.1) is 0 Å². The summed E-state index contributed by atoms with van der Waals surface area (Å²) in [6, 6.07) is 5.71. The largest absolute Gasteiger partial charge is 0.389 e. The molecule has 0 saturated heterocycles. The summed E-state index contributed by atoms with van der Waals surface area (Å²) in [6.07, 6.45) is 3.15. The first-order valence-corrected chi connectivity index (χ1v) is 6.34. The molecule has 0 spiro atoms. The molecule has 1 aromatic carbocycles. The Kier molecular flexibility index (Phi) is 3.47. The van der Waals surface area contributed by atoms with Gasteiger partial charge in [0.15, 0.2) is 0 Å². The molecule has 84 valence electrons. The number of hydrogen-bond donors (Lipinski definition) is 1. The second kappa shape index (κ2) is 4.69. The molecule has 0 unspecified atom stereocenters. The monoisotopic (exact) mass is 344 g/mol. The van der Waals surface area contributed by atoms with Crippen molar-refractivity contribution in [3.8, 4) is 5.69 Å². The van der Waals surface area contributed by atoms with Crippen LogP contribution in [0.2, 0.25) is 0 Å². The summed E-state index contributed by atoms with van der Waals surface area (Å²) in [7, 11) is 0. The summed E-state index contributed by atoms with van der Waals surface area (Å²) < 4.78 is 3.60. The predicted octanol–water partition coefficient (Wildman–Crippen LogP) is 3.45. The molecule has 0 aliphatic carbocycles. The van der Waals surface area contributed by atoms with E-state index in [4.69, 9.17) is 0 Å². The summed E-state index contributed by atoms with van der Waals surface area (Å²) in [4.78, 5) is 0. The number of benzene rings is 1. The fourth-order valence-corrected chi connectivity index (χ4v) is 2.27. The van der Waals surface area contributed by atoms with E-state index < -0.39 is 6.10 Å². The number of rotatable bonds is 2. The molecule has 2 aromatic rings. The molecule has 5 heteroatoms. The topological polar surface area (TPSA) is 38.0 Å². The number of hydrogen-bond acceptors (Lipinski definition) is 2. The number of nitrogens with zero attached hydrogens (tertiary/aromatic N) is 2. The quantitative estimate of drug-likeness (QED) is 0.905. The average molecular weight is 346 g/mol. The highest BCUT2D eigenvalue weighted by Gasteiger charge is 2.07. The molecule has 1 atom stereocenters. The molecule has 0 aliphatic rings. The lowest BCUT2D eigenvalue weighted by Crippen LogP contribution is -1.98. The van der Waals surface area contributed by atoms with E-state index in [0.29, 0.717) is 0 Å². The van der Waals surface area contributed by atoms with Gasteiger partial charge < -0.3 is 5.11 Å². The zero-order valence-corrected chi connectivity index (χ0v) is 11.7. The van der Waals surface area contributed by atoms with E-state index in [2.05, 4.69) is 37.0 Å². The van der Waals surface area contributed by atoms with Crippen LogP contribution in [0.3, 0.4) is 0 Å². The van der Waals surface area contributed by atoms with Gasteiger partial charge in [0, 0.05) is 10.7 Å². The first-order valence-electron chi connectivity index (χ1n) is 4.76. The molecule has 0 aliphatic heterocycles. The van der Waals surface area contributed by atoms with Crippen LogP contribution in [0.1, 0.15) is 18.6 Å². The zero-order valence-electron chi connectivity index (χ0n) is 8.56.